The number of halogens is 1. The Hall–Kier alpha value is -2.42. The number of hydrogen-bond acceptors (Lipinski definition) is 2. The summed E-state index contributed by atoms with van der Waals surface area (Å²) in [4.78, 5) is 12.3. The minimum absolute atomic E-state index is 0.187. The van der Waals surface area contributed by atoms with Gasteiger partial charge in [-0.15, -0.1) is 0 Å². The van der Waals surface area contributed by atoms with Crippen molar-refractivity contribution in [1.29, 1.82) is 0 Å². The zero-order chi connectivity index (χ0) is 19.7. The fourth-order valence-electron chi connectivity index (χ4n) is 2.78. The zero-order valence-corrected chi connectivity index (χ0v) is 16.4. The number of phenolic OH excluding ortho intramolecular Hbond substituents is 1. The normalized spacial score (nSPS) is 12.6. The minimum Gasteiger partial charge on any atom is -0.507 e. The van der Waals surface area contributed by atoms with Crippen molar-refractivity contribution in [2.45, 2.75) is 52.4 Å². The van der Waals surface area contributed by atoms with Gasteiger partial charge in [-0.3, -0.25) is 4.79 Å². The van der Waals surface area contributed by atoms with Gasteiger partial charge in [0.15, 0.2) is 5.78 Å². The molecule has 0 fully saturated rings. The number of carbonyl (C=O) groups excluding carboxylic acids is 1. The van der Waals surface area contributed by atoms with Crippen LogP contribution in [-0.2, 0) is 10.8 Å². The quantitative estimate of drug-likeness (QED) is 0.540. The van der Waals surface area contributed by atoms with Crippen LogP contribution in [0.4, 0.5) is 4.39 Å². The highest BCUT2D eigenvalue weighted by Crippen LogP contribution is 2.40. The Labute approximate surface area is 155 Å². The molecule has 0 bridgehead atoms. The molecule has 0 radical (unpaired) electrons. The van der Waals surface area contributed by atoms with E-state index in [9.17, 15) is 14.3 Å². The lowest BCUT2D eigenvalue weighted by atomic mass is 9.78. The molecular weight excluding hydrogens is 327 g/mol. The third kappa shape index (κ3) is 4.60. The first kappa shape index (κ1) is 19.9. The summed E-state index contributed by atoms with van der Waals surface area (Å²) >= 11 is 0. The topological polar surface area (TPSA) is 37.3 Å². The fraction of sp³-hybridized carbons (Fsp3) is 0.348. The first-order valence-corrected chi connectivity index (χ1v) is 8.75. The number of aromatic hydroxyl groups is 1. The van der Waals surface area contributed by atoms with Crippen molar-refractivity contribution >= 4 is 11.9 Å². The van der Waals surface area contributed by atoms with E-state index in [0.717, 1.165) is 16.7 Å². The Morgan fingerprint density at radius 2 is 1.38 bits per heavy atom. The van der Waals surface area contributed by atoms with Crippen molar-refractivity contribution in [3.05, 3.63) is 70.5 Å². The average Bonchev–Trinajstić information content (AvgIpc) is 2.52. The second kappa shape index (κ2) is 7.06. The molecular formula is C23H27FO2. The Balaban J connectivity index is 2.45. The average molecular weight is 354 g/mol. The molecule has 0 unspecified atom stereocenters. The first-order chi connectivity index (χ1) is 11.9. The lowest BCUT2D eigenvalue weighted by molar-refractivity contribution is 0.104. The van der Waals surface area contributed by atoms with Crippen LogP contribution in [0.3, 0.4) is 0 Å². The van der Waals surface area contributed by atoms with Crippen LogP contribution in [0.25, 0.3) is 6.08 Å². The van der Waals surface area contributed by atoms with Crippen LogP contribution in [0, 0.1) is 5.82 Å². The molecule has 0 aliphatic heterocycles. The Bertz CT molecular complexity index is 797. The molecule has 2 rings (SSSR count). The largest absolute Gasteiger partial charge is 0.507 e. The Kier molecular flexibility index (Phi) is 5.41. The third-order valence-corrected chi connectivity index (χ3v) is 4.30. The van der Waals surface area contributed by atoms with E-state index in [1.807, 2.05) is 53.7 Å². The third-order valence-electron chi connectivity index (χ3n) is 4.30. The lowest BCUT2D eigenvalue weighted by Gasteiger charge is -2.27. The van der Waals surface area contributed by atoms with E-state index < -0.39 is 0 Å². The van der Waals surface area contributed by atoms with Crippen LogP contribution in [0.1, 0.15) is 68.6 Å². The van der Waals surface area contributed by atoms with Gasteiger partial charge in [-0.2, -0.15) is 0 Å². The fourth-order valence-corrected chi connectivity index (χ4v) is 2.78. The monoisotopic (exact) mass is 354 g/mol. The molecule has 1 N–H and O–H groups in total. The highest BCUT2D eigenvalue weighted by Gasteiger charge is 2.26. The van der Waals surface area contributed by atoms with E-state index in [4.69, 9.17) is 0 Å². The number of rotatable bonds is 3. The number of phenols is 1. The van der Waals surface area contributed by atoms with Crippen LogP contribution in [0.15, 0.2) is 42.5 Å². The van der Waals surface area contributed by atoms with Gasteiger partial charge in [0, 0.05) is 16.7 Å². The van der Waals surface area contributed by atoms with Crippen LogP contribution in [0.5, 0.6) is 5.75 Å². The van der Waals surface area contributed by atoms with E-state index in [1.165, 1.54) is 30.3 Å². The Morgan fingerprint density at radius 3 is 1.81 bits per heavy atom. The summed E-state index contributed by atoms with van der Waals surface area (Å²) in [5, 5.41) is 10.7. The summed E-state index contributed by atoms with van der Waals surface area (Å²) in [7, 11) is 0. The van der Waals surface area contributed by atoms with Gasteiger partial charge < -0.3 is 5.11 Å². The van der Waals surface area contributed by atoms with E-state index >= 15 is 0 Å². The summed E-state index contributed by atoms with van der Waals surface area (Å²) in [5.74, 6) is -0.242. The van der Waals surface area contributed by atoms with E-state index in [0.29, 0.717) is 11.3 Å². The maximum atomic E-state index is 13.0. The smallest absolute Gasteiger partial charge is 0.185 e. The van der Waals surface area contributed by atoms with E-state index in [1.54, 1.807) is 6.08 Å². The van der Waals surface area contributed by atoms with Crippen molar-refractivity contribution in [2.75, 3.05) is 0 Å². The summed E-state index contributed by atoms with van der Waals surface area (Å²) in [6.07, 6.45) is 3.23. The number of carbonyl (C=O) groups is 1. The molecule has 3 heteroatoms. The van der Waals surface area contributed by atoms with Crippen molar-refractivity contribution in [3.8, 4) is 5.75 Å². The zero-order valence-electron chi connectivity index (χ0n) is 16.4. The second-order valence-electron chi connectivity index (χ2n) is 8.67. The second-order valence-corrected chi connectivity index (χ2v) is 8.67. The predicted octanol–water partition coefficient (Wildman–Crippen LogP) is 6.02. The molecule has 0 aliphatic carbocycles. The molecule has 2 aromatic rings. The van der Waals surface area contributed by atoms with Gasteiger partial charge in [-0.1, -0.05) is 47.6 Å². The molecule has 138 valence electrons. The molecule has 0 spiro atoms. The summed E-state index contributed by atoms with van der Waals surface area (Å²) in [5.41, 5.74) is 2.53. The first-order valence-electron chi connectivity index (χ1n) is 8.75. The SMILES string of the molecule is CC(C)(C)c1cc(/C=C/C(=O)c2ccc(F)cc2)cc(C(C)(C)C)c1O. The molecule has 0 saturated carbocycles. The van der Waals surface area contributed by atoms with Crippen molar-refractivity contribution in [2.24, 2.45) is 0 Å². The van der Waals surface area contributed by atoms with Crippen LogP contribution in [0.2, 0.25) is 0 Å². The molecule has 0 saturated heterocycles. The van der Waals surface area contributed by atoms with Gasteiger partial charge in [-0.05, 0) is 58.9 Å². The minimum atomic E-state index is -0.367. The number of ketones is 1. The molecule has 0 heterocycles. The van der Waals surface area contributed by atoms with E-state index in [2.05, 4.69) is 0 Å². The van der Waals surface area contributed by atoms with Gasteiger partial charge in [0.1, 0.15) is 11.6 Å². The van der Waals surface area contributed by atoms with Crippen LogP contribution >= 0.6 is 0 Å². The molecule has 0 aliphatic rings. The highest BCUT2D eigenvalue weighted by atomic mass is 19.1. The number of benzene rings is 2. The number of allylic oxidation sites excluding steroid dienone is 1. The molecule has 2 nitrogen and oxygen atoms in total. The predicted molar refractivity (Wildman–Crippen MR) is 105 cm³/mol. The maximum absolute atomic E-state index is 13.0. The highest BCUT2D eigenvalue weighted by molar-refractivity contribution is 6.06. The molecule has 2 aromatic carbocycles. The number of hydrogen-bond donors (Lipinski definition) is 1. The van der Waals surface area contributed by atoms with Crippen molar-refractivity contribution < 1.29 is 14.3 Å². The van der Waals surface area contributed by atoms with Gasteiger partial charge in [0.2, 0.25) is 0 Å². The van der Waals surface area contributed by atoms with Gasteiger partial charge in [-0.25, -0.2) is 4.39 Å². The van der Waals surface area contributed by atoms with Gasteiger partial charge in [0.05, 0.1) is 0 Å². The lowest BCUT2D eigenvalue weighted by Crippen LogP contribution is -2.17. The molecule has 26 heavy (non-hydrogen) atoms. The maximum Gasteiger partial charge on any atom is 0.185 e. The summed E-state index contributed by atoms with van der Waals surface area (Å²) in [6.45, 7) is 12.3. The van der Waals surface area contributed by atoms with Crippen LogP contribution < -0.4 is 0 Å². The summed E-state index contributed by atoms with van der Waals surface area (Å²) in [6, 6.07) is 9.33. The van der Waals surface area contributed by atoms with Crippen LogP contribution in [-0.4, -0.2) is 10.9 Å². The van der Waals surface area contributed by atoms with E-state index in [-0.39, 0.29) is 22.4 Å². The molecule has 0 aromatic heterocycles. The van der Waals surface area contributed by atoms with Crippen molar-refractivity contribution in [1.82, 2.24) is 0 Å². The Morgan fingerprint density at radius 1 is 0.923 bits per heavy atom. The standard InChI is InChI=1S/C23H27FO2/c1-22(2,3)18-13-15(14-19(21(18)26)23(4,5)6)7-12-20(25)16-8-10-17(24)11-9-16/h7-14,26H,1-6H3/b12-7+. The van der Waals surface area contributed by atoms with Gasteiger partial charge in [0.25, 0.3) is 0 Å². The molecule has 0 amide bonds. The van der Waals surface area contributed by atoms with Crippen molar-refractivity contribution in [3.63, 3.8) is 0 Å². The van der Waals surface area contributed by atoms with Gasteiger partial charge >= 0.3 is 0 Å². The summed E-state index contributed by atoms with van der Waals surface area (Å²) < 4.78 is 13.0. The molecule has 0 atom stereocenters.